The zero-order valence-electron chi connectivity index (χ0n) is 12.5. The molecule has 0 radical (unpaired) electrons. The van der Waals surface area contributed by atoms with Gasteiger partial charge in [0.1, 0.15) is 0 Å². The van der Waals surface area contributed by atoms with Crippen LogP contribution < -0.4 is 5.32 Å². The van der Waals surface area contributed by atoms with E-state index in [0.29, 0.717) is 12.3 Å². The van der Waals surface area contributed by atoms with Gasteiger partial charge in [0, 0.05) is 19.5 Å². The number of benzene rings is 1. The minimum absolute atomic E-state index is 0.316. The molecule has 3 heteroatoms. The highest BCUT2D eigenvalue weighted by Crippen LogP contribution is 2.17. The maximum absolute atomic E-state index is 12.2. The van der Waals surface area contributed by atoms with Crippen LogP contribution in [-0.2, 0) is 11.2 Å². The number of aryl methyl sites for hydroxylation is 1. The summed E-state index contributed by atoms with van der Waals surface area (Å²) in [6, 6.07) is 10.3. The molecule has 1 fully saturated rings. The molecule has 1 aliphatic heterocycles. The van der Waals surface area contributed by atoms with E-state index in [2.05, 4.69) is 24.4 Å². The Labute approximate surface area is 122 Å². The largest absolute Gasteiger partial charge is 0.343 e. The van der Waals surface area contributed by atoms with E-state index in [1.165, 1.54) is 5.56 Å². The summed E-state index contributed by atoms with van der Waals surface area (Å²) in [6.45, 7) is 6.15. The second-order valence-electron chi connectivity index (χ2n) is 5.62. The highest BCUT2D eigenvalue weighted by molar-refractivity contribution is 5.76. The third kappa shape index (κ3) is 4.64. The fraction of sp³-hybridized carbons (Fsp3) is 0.588. The molecular formula is C17H26N2O. The van der Waals surface area contributed by atoms with Crippen LogP contribution in [0.15, 0.2) is 30.3 Å². The Hall–Kier alpha value is -1.35. The van der Waals surface area contributed by atoms with Crippen LogP contribution in [0.3, 0.4) is 0 Å². The summed E-state index contributed by atoms with van der Waals surface area (Å²) in [6.07, 6.45) is 3.78. The zero-order chi connectivity index (χ0) is 14.2. The molecule has 2 rings (SSSR count). The molecule has 3 nitrogen and oxygen atoms in total. The van der Waals surface area contributed by atoms with Gasteiger partial charge in [0.2, 0.25) is 5.91 Å². The molecule has 1 heterocycles. The van der Waals surface area contributed by atoms with Gasteiger partial charge >= 0.3 is 0 Å². The Bertz CT molecular complexity index is 397. The van der Waals surface area contributed by atoms with E-state index in [4.69, 9.17) is 0 Å². The summed E-state index contributed by atoms with van der Waals surface area (Å²) in [7, 11) is 0. The van der Waals surface area contributed by atoms with Crippen LogP contribution in [0.5, 0.6) is 0 Å². The number of amides is 1. The molecule has 0 aliphatic carbocycles. The maximum atomic E-state index is 12.2. The van der Waals surface area contributed by atoms with E-state index in [1.54, 1.807) is 0 Å². The molecule has 0 aromatic heterocycles. The third-order valence-corrected chi connectivity index (χ3v) is 4.12. The van der Waals surface area contributed by atoms with Crippen molar-refractivity contribution in [1.82, 2.24) is 10.2 Å². The molecule has 1 N–H and O–H groups in total. The number of hydrogen-bond donors (Lipinski definition) is 1. The second-order valence-corrected chi connectivity index (χ2v) is 5.62. The van der Waals surface area contributed by atoms with Crippen LogP contribution in [0, 0.1) is 5.92 Å². The van der Waals surface area contributed by atoms with Crippen molar-refractivity contribution in [2.45, 2.75) is 32.6 Å². The lowest BCUT2D eigenvalue weighted by atomic mass is 9.96. The normalized spacial score (nSPS) is 16.4. The molecule has 0 saturated carbocycles. The van der Waals surface area contributed by atoms with E-state index in [0.717, 1.165) is 51.4 Å². The van der Waals surface area contributed by atoms with Gasteiger partial charge in [-0.2, -0.15) is 0 Å². The minimum atomic E-state index is 0.316. The van der Waals surface area contributed by atoms with Crippen molar-refractivity contribution < 1.29 is 4.79 Å². The summed E-state index contributed by atoms with van der Waals surface area (Å²) in [4.78, 5) is 14.2. The molecule has 0 atom stereocenters. The standard InChI is InChI=1S/C17H26N2O/c1-2-18-14-16-10-12-19(13-11-16)17(20)9-8-15-6-4-3-5-7-15/h3-7,16,18H,2,8-14H2,1H3. The Morgan fingerprint density at radius 3 is 2.60 bits per heavy atom. The van der Waals surface area contributed by atoms with Crippen molar-refractivity contribution >= 4 is 5.91 Å². The van der Waals surface area contributed by atoms with Gasteiger partial charge in [-0.25, -0.2) is 0 Å². The Kier molecular flexibility index (Phi) is 6.06. The molecule has 1 aliphatic rings. The van der Waals surface area contributed by atoms with Crippen LogP contribution in [0.1, 0.15) is 31.7 Å². The molecule has 0 unspecified atom stereocenters. The number of hydrogen-bond acceptors (Lipinski definition) is 2. The molecule has 1 aromatic carbocycles. The van der Waals surface area contributed by atoms with Crippen LogP contribution >= 0.6 is 0 Å². The first kappa shape index (κ1) is 15.0. The molecule has 1 aromatic rings. The van der Waals surface area contributed by atoms with Gasteiger partial charge < -0.3 is 10.2 Å². The lowest BCUT2D eigenvalue weighted by molar-refractivity contribution is -0.132. The first-order chi connectivity index (χ1) is 9.79. The number of nitrogens with one attached hydrogen (secondary N) is 1. The lowest BCUT2D eigenvalue weighted by Crippen LogP contribution is -2.40. The van der Waals surface area contributed by atoms with Crippen LogP contribution in [0.25, 0.3) is 0 Å². The van der Waals surface area contributed by atoms with Gasteiger partial charge in [-0.3, -0.25) is 4.79 Å². The van der Waals surface area contributed by atoms with Crippen molar-refractivity contribution in [2.75, 3.05) is 26.2 Å². The Morgan fingerprint density at radius 2 is 1.95 bits per heavy atom. The topological polar surface area (TPSA) is 32.3 Å². The summed E-state index contributed by atoms with van der Waals surface area (Å²) >= 11 is 0. The molecule has 1 amide bonds. The molecular weight excluding hydrogens is 248 g/mol. The monoisotopic (exact) mass is 274 g/mol. The molecule has 1 saturated heterocycles. The summed E-state index contributed by atoms with van der Waals surface area (Å²) in [5.74, 6) is 1.06. The lowest BCUT2D eigenvalue weighted by Gasteiger charge is -2.32. The summed E-state index contributed by atoms with van der Waals surface area (Å²) in [5, 5.41) is 3.41. The van der Waals surface area contributed by atoms with Gasteiger partial charge in [0.05, 0.1) is 0 Å². The number of likely N-dealkylation sites (tertiary alicyclic amines) is 1. The van der Waals surface area contributed by atoms with E-state index < -0.39 is 0 Å². The first-order valence-electron chi connectivity index (χ1n) is 7.82. The number of nitrogens with zero attached hydrogens (tertiary/aromatic N) is 1. The summed E-state index contributed by atoms with van der Waals surface area (Å²) in [5.41, 5.74) is 1.25. The van der Waals surface area contributed by atoms with E-state index in [9.17, 15) is 4.79 Å². The fourth-order valence-electron chi connectivity index (χ4n) is 2.79. The van der Waals surface area contributed by atoms with Gasteiger partial charge in [-0.1, -0.05) is 37.3 Å². The molecule has 110 valence electrons. The smallest absolute Gasteiger partial charge is 0.222 e. The van der Waals surface area contributed by atoms with Crippen LogP contribution in [0.4, 0.5) is 0 Å². The Balaban J connectivity index is 1.69. The molecule has 0 bridgehead atoms. The second kappa shape index (κ2) is 8.05. The van der Waals surface area contributed by atoms with E-state index >= 15 is 0 Å². The van der Waals surface area contributed by atoms with Crippen LogP contribution in [0.2, 0.25) is 0 Å². The van der Waals surface area contributed by atoms with Gasteiger partial charge in [0.25, 0.3) is 0 Å². The quantitative estimate of drug-likeness (QED) is 0.864. The maximum Gasteiger partial charge on any atom is 0.222 e. The van der Waals surface area contributed by atoms with Crippen molar-refractivity contribution in [2.24, 2.45) is 5.92 Å². The SMILES string of the molecule is CCNCC1CCN(C(=O)CCc2ccccc2)CC1. The number of rotatable bonds is 6. The zero-order valence-corrected chi connectivity index (χ0v) is 12.5. The van der Waals surface area contributed by atoms with Gasteiger partial charge in [-0.05, 0) is 43.8 Å². The van der Waals surface area contributed by atoms with Crippen LogP contribution in [-0.4, -0.2) is 37.0 Å². The average Bonchev–Trinajstić information content (AvgIpc) is 2.52. The van der Waals surface area contributed by atoms with E-state index in [1.807, 2.05) is 23.1 Å². The predicted octanol–water partition coefficient (Wildman–Crippen LogP) is 2.47. The van der Waals surface area contributed by atoms with Crippen molar-refractivity contribution in [3.8, 4) is 0 Å². The van der Waals surface area contributed by atoms with Gasteiger partial charge in [0.15, 0.2) is 0 Å². The molecule has 20 heavy (non-hydrogen) atoms. The number of carbonyl (C=O) groups is 1. The van der Waals surface area contributed by atoms with Crippen molar-refractivity contribution in [1.29, 1.82) is 0 Å². The van der Waals surface area contributed by atoms with Gasteiger partial charge in [-0.15, -0.1) is 0 Å². The van der Waals surface area contributed by atoms with E-state index in [-0.39, 0.29) is 0 Å². The third-order valence-electron chi connectivity index (χ3n) is 4.12. The average molecular weight is 274 g/mol. The highest BCUT2D eigenvalue weighted by atomic mass is 16.2. The Morgan fingerprint density at radius 1 is 1.25 bits per heavy atom. The number of carbonyl (C=O) groups excluding carboxylic acids is 1. The molecule has 0 spiro atoms. The summed E-state index contributed by atoms with van der Waals surface area (Å²) < 4.78 is 0. The first-order valence-corrected chi connectivity index (χ1v) is 7.82. The minimum Gasteiger partial charge on any atom is -0.343 e. The highest BCUT2D eigenvalue weighted by Gasteiger charge is 2.21. The fourth-order valence-corrected chi connectivity index (χ4v) is 2.79. The van der Waals surface area contributed by atoms with Crippen molar-refractivity contribution in [3.63, 3.8) is 0 Å². The van der Waals surface area contributed by atoms with Crippen molar-refractivity contribution in [3.05, 3.63) is 35.9 Å². The predicted molar refractivity (Wildman–Crippen MR) is 82.6 cm³/mol. The number of piperidine rings is 1.